The number of hydrogen-bond donors (Lipinski definition) is 2. The molecule has 2 amide bonds. The van der Waals surface area contributed by atoms with Crippen LogP contribution in [0.15, 0.2) is 64.2 Å². The molecular formula is C35H35ClF2N6O6S. The number of amides is 2. The number of carbonyl (C=O) groups is 3. The van der Waals surface area contributed by atoms with Crippen molar-refractivity contribution in [3.8, 4) is 5.75 Å². The lowest BCUT2D eigenvalue weighted by atomic mass is 9.87. The molecule has 2 aromatic carbocycles. The number of benzene rings is 2. The van der Waals surface area contributed by atoms with E-state index in [1.807, 2.05) is 0 Å². The number of anilines is 1. The highest BCUT2D eigenvalue weighted by molar-refractivity contribution is 7.11. The molecule has 2 atom stereocenters. The Bertz CT molecular complexity index is 1900. The van der Waals surface area contributed by atoms with Crippen molar-refractivity contribution >= 4 is 52.4 Å². The molecule has 0 spiro atoms. The fraction of sp³-hybridized carbons (Fsp3) is 0.400. The molecule has 51 heavy (non-hydrogen) atoms. The SMILES string of the molecule is COC(=O)C1=C(CN2CCN3C(=O)N(c4cc(F)cc(OC5CCC(C(=O)O)CC5)c4)C[C@@H]3C2)NC(c2nccs2)=NC1c1ccc(F)cc1Cl. The third kappa shape index (κ3) is 7.28. The maximum absolute atomic E-state index is 14.9. The predicted molar refractivity (Wildman–Crippen MR) is 185 cm³/mol. The largest absolute Gasteiger partial charge is 0.490 e. The number of thiazole rings is 1. The van der Waals surface area contributed by atoms with Crippen molar-refractivity contribution in [3.63, 3.8) is 0 Å². The van der Waals surface area contributed by atoms with Crippen LogP contribution in [0.5, 0.6) is 5.75 Å². The third-order valence-electron chi connectivity index (χ3n) is 9.74. The number of nitrogens with zero attached hydrogens (tertiary/aromatic N) is 5. The van der Waals surface area contributed by atoms with Gasteiger partial charge in [0.2, 0.25) is 0 Å². The van der Waals surface area contributed by atoms with Crippen molar-refractivity contribution in [2.75, 3.05) is 44.7 Å². The van der Waals surface area contributed by atoms with Gasteiger partial charge in [-0.05, 0) is 43.9 Å². The van der Waals surface area contributed by atoms with Gasteiger partial charge in [0, 0.05) is 72.7 Å². The van der Waals surface area contributed by atoms with Crippen LogP contribution in [0.4, 0.5) is 19.3 Å². The number of nitrogens with one attached hydrogen (secondary N) is 1. The minimum Gasteiger partial charge on any atom is -0.490 e. The number of methoxy groups -OCH3 is 1. The molecule has 1 aromatic heterocycles. The van der Waals surface area contributed by atoms with Gasteiger partial charge in [-0.15, -0.1) is 11.3 Å². The monoisotopic (exact) mass is 740 g/mol. The Kier molecular flexibility index (Phi) is 9.94. The van der Waals surface area contributed by atoms with E-state index in [0.29, 0.717) is 85.4 Å². The molecule has 2 N–H and O–H groups in total. The number of ether oxygens (including phenoxy) is 2. The molecule has 1 saturated carbocycles. The smallest absolute Gasteiger partial charge is 0.338 e. The molecule has 0 radical (unpaired) electrons. The van der Waals surface area contributed by atoms with E-state index in [1.54, 1.807) is 27.4 Å². The maximum Gasteiger partial charge on any atom is 0.338 e. The van der Waals surface area contributed by atoms with Crippen molar-refractivity contribution in [3.05, 3.63) is 86.5 Å². The van der Waals surface area contributed by atoms with Gasteiger partial charge in [-0.25, -0.2) is 23.4 Å². The fourth-order valence-electron chi connectivity index (χ4n) is 7.21. The summed E-state index contributed by atoms with van der Waals surface area (Å²) in [6.45, 7) is 1.91. The van der Waals surface area contributed by atoms with Gasteiger partial charge in [0.25, 0.3) is 0 Å². The first-order chi connectivity index (χ1) is 24.6. The van der Waals surface area contributed by atoms with Crippen molar-refractivity contribution in [2.45, 2.75) is 43.9 Å². The second-order valence-electron chi connectivity index (χ2n) is 12.9. The summed E-state index contributed by atoms with van der Waals surface area (Å²) in [6, 6.07) is 6.80. The molecule has 268 valence electrons. The van der Waals surface area contributed by atoms with Crippen LogP contribution in [0.3, 0.4) is 0 Å². The van der Waals surface area contributed by atoms with Gasteiger partial charge in [-0.2, -0.15) is 0 Å². The van der Waals surface area contributed by atoms with Crippen molar-refractivity contribution in [1.29, 1.82) is 0 Å². The zero-order valence-corrected chi connectivity index (χ0v) is 29.1. The van der Waals surface area contributed by atoms with E-state index in [-0.39, 0.29) is 35.3 Å². The number of urea groups is 1. The van der Waals surface area contributed by atoms with Gasteiger partial charge in [0.1, 0.15) is 23.4 Å². The molecule has 4 heterocycles. The molecule has 2 saturated heterocycles. The Morgan fingerprint density at radius 2 is 1.88 bits per heavy atom. The first kappa shape index (κ1) is 34.8. The van der Waals surface area contributed by atoms with Crippen molar-refractivity contribution < 1.29 is 37.7 Å². The molecule has 4 aliphatic rings. The summed E-state index contributed by atoms with van der Waals surface area (Å²) in [5.74, 6) is -2.17. The Balaban J connectivity index is 1.10. The highest BCUT2D eigenvalue weighted by Crippen LogP contribution is 2.38. The van der Waals surface area contributed by atoms with E-state index in [1.165, 1.54) is 48.8 Å². The van der Waals surface area contributed by atoms with E-state index in [4.69, 9.17) is 26.1 Å². The number of rotatable bonds is 9. The second-order valence-corrected chi connectivity index (χ2v) is 14.2. The van der Waals surface area contributed by atoms with Gasteiger partial charge in [-0.3, -0.25) is 19.6 Å². The second kappa shape index (κ2) is 14.6. The number of hydrogen-bond acceptors (Lipinski definition) is 10. The lowest BCUT2D eigenvalue weighted by molar-refractivity contribution is -0.143. The lowest BCUT2D eigenvalue weighted by Gasteiger charge is -2.38. The summed E-state index contributed by atoms with van der Waals surface area (Å²) in [4.78, 5) is 52.9. The number of amidine groups is 1. The van der Waals surface area contributed by atoms with E-state index < -0.39 is 35.5 Å². The number of fused-ring (bicyclic) bond motifs is 1. The molecule has 3 fully saturated rings. The van der Waals surface area contributed by atoms with Crippen molar-refractivity contribution in [1.82, 2.24) is 20.1 Å². The van der Waals surface area contributed by atoms with E-state index in [0.717, 1.165) is 0 Å². The molecule has 0 bridgehead atoms. The van der Waals surface area contributed by atoms with E-state index in [9.17, 15) is 28.3 Å². The van der Waals surface area contributed by atoms with Gasteiger partial charge in [0.15, 0.2) is 10.8 Å². The van der Waals surface area contributed by atoms with Gasteiger partial charge in [-0.1, -0.05) is 17.7 Å². The summed E-state index contributed by atoms with van der Waals surface area (Å²) < 4.78 is 40.2. The lowest BCUT2D eigenvalue weighted by Crippen LogP contribution is -2.53. The molecule has 16 heteroatoms. The highest BCUT2D eigenvalue weighted by Gasteiger charge is 2.43. The molecule has 12 nitrogen and oxygen atoms in total. The number of carboxylic acid groups (broad SMARTS) is 1. The van der Waals surface area contributed by atoms with E-state index in [2.05, 4.69) is 15.2 Å². The summed E-state index contributed by atoms with van der Waals surface area (Å²) in [7, 11) is 1.28. The number of aliphatic carboxylic acids is 1. The van der Waals surface area contributed by atoms with Crippen LogP contribution in [0.25, 0.3) is 0 Å². The zero-order chi connectivity index (χ0) is 35.8. The fourth-order valence-corrected chi connectivity index (χ4v) is 8.07. The molecule has 1 unspecified atom stereocenters. The Labute approximate surface area is 301 Å². The molecule has 3 aromatic rings. The number of aromatic nitrogens is 1. The summed E-state index contributed by atoms with van der Waals surface area (Å²) in [6.07, 6.45) is 3.50. The van der Waals surface area contributed by atoms with Gasteiger partial charge in [0.05, 0.1) is 36.4 Å². The average molecular weight is 741 g/mol. The van der Waals surface area contributed by atoms with Crippen LogP contribution in [0.2, 0.25) is 5.02 Å². The Morgan fingerprint density at radius 3 is 2.59 bits per heavy atom. The number of aliphatic imine (C=N–C) groups is 1. The minimum atomic E-state index is -0.901. The Morgan fingerprint density at radius 1 is 1.08 bits per heavy atom. The first-order valence-corrected chi connectivity index (χ1v) is 17.8. The highest BCUT2D eigenvalue weighted by atomic mass is 35.5. The van der Waals surface area contributed by atoms with Crippen LogP contribution in [0, 0.1) is 17.6 Å². The number of esters is 1. The standard InChI is InChI=1S/C35H35ClF2N6O6S/c1-49-34(47)29-28(40-31(32-39-8-11-51-32)41-30(29)26-7-4-20(37)14-27(26)36)18-42-9-10-43-23(16-42)17-44(35(43)48)22-12-21(38)13-25(15-22)50-24-5-2-19(3-6-24)33(45)46/h4,7-8,11-15,19,23-24,30H,2-3,5-6,9-10,16-18H2,1H3,(H,40,41)(H,45,46)/t19?,23-,24?,30?/m0/s1. The molecule has 1 aliphatic carbocycles. The number of carboxylic acids is 1. The maximum atomic E-state index is 14.9. The van der Waals surface area contributed by atoms with Crippen LogP contribution in [-0.4, -0.2) is 95.7 Å². The van der Waals surface area contributed by atoms with Gasteiger partial charge >= 0.3 is 18.0 Å². The third-order valence-corrected chi connectivity index (χ3v) is 10.8. The first-order valence-electron chi connectivity index (χ1n) is 16.6. The molecule has 3 aliphatic heterocycles. The van der Waals surface area contributed by atoms with Crippen LogP contribution in [0.1, 0.15) is 42.3 Å². The van der Waals surface area contributed by atoms with Crippen LogP contribution < -0.4 is 15.0 Å². The van der Waals surface area contributed by atoms with Crippen LogP contribution in [-0.2, 0) is 14.3 Å². The summed E-state index contributed by atoms with van der Waals surface area (Å²) in [5.41, 5.74) is 1.55. The minimum absolute atomic E-state index is 0.111. The Hall–Kier alpha value is -4.60. The van der Waals surface area contributed by atoms with Gasteiger partial charge < -0.3 is 24.8 Å². The summed E-state index contributed by atoms with van der Waals surface area (Å²) >= 11 is 7.85. The van der Waals surface area contributed by atoms with Crippen LogP contribution >= 0.6 is 22.9 Å². The number of carbonyl (C=O) groups excluding carboxylic acids is 2. The van der Waals surface area contributed by atoms with Crippen molar-refractivity contribution in [2.24, 2.45) is 10.9 Å². The molecular weight excluding hydrogens is 706 g/mol. The molecule has 7 rings (SSSR count). The quantitative estimate of drug-likeness (QED) is 0.282. The number of piperazine rings is 1. The average Bonchev–Trinajstić information content (AvgIpc) is 3.76. The predicted octanol–water partition coefficient (Wildman–Crippen LogP) is 5.24. The topological polar surface area (TPSA) is 137 Å². The zero-order valence-electron chi connectivity index (χ0n) is 27.6. The number of halogens is 3. The summed E-state index contributed by atoms with van der Waals surface area (Å²) in [5, 5.41) is 15.1. The normalized spacial score (nSPS) is 23.8. The van der Waals surface area contributed by atoms with E-state index >= 15 is 0 Å².